The molecule has 0 saturated heterocycles. The number of anilines is 2. The molecular formula is C28H33N4O3+. The fourth-order valence-electron chi connectivity index (χ4n) is 4.71. The van der Waals surface area contributed by atoms with E-state index in [1.54, 1.807) is 24.3 Å². The standard InChI is InChI=1S/C28H33N4O3/c1-6-30(7-2)22-14-16-24-26(18-22)35-27-19-23(31(8-3)9-4)15-17-25(27)28(24)29(5)20-10-12-21(13-11-20)32(33)34/h10-19H,6-9H2,1-5H3/q+1. The van der Waals surface area contributed by atoms with Crippen molar-refractivity contribution in [2.24, 2.45) is 0 Å². The van der Waals surface area contributed by atoms with E-state index in [-0.39, 0.29) is 10.6 Å². The van der Waals surface area contributed by atoms with Gasteiger partial charge >= 0.3 is 0 Å². The van der Waals surface area contributed by atoms with E-state index in [4.69, 9.17) is 4.42 Å². The van der Waals surface area contributed by atoms with Gasteiger partial charge in [-0.1, -0.05) is 0 Å². The third-order valence-electron chi connectivity index (χ3n) is 6.70. The molecule has 0 spiro atoms. The number of hydrogen-bond donors (Lipinski definition) is 0. The lowest BCUT2D eigenvalue weighted by molar-refractivity contribution is -0.384. The zero-order chi connectivity index (χ0) is 25.1. The van der Waals surface area contributed by atoms with Crippen LogP contribution < -0.4 is 19.7 Å². The quantitative estimate of drug-likeness (QED) is 0.138. The maximum Gasteiger partial charge on any atom is 0.269 e. The highest BCUT2D eigenvalue weighted by molar-refractivity contribution is 5.92. The Labute approximate surface area is 205 Å². The average Bonchev–Trinajstić information content (AvgIpc) is 2.88. The van der Waals surface area contributed by atoms with E-state index in [1.165, 1.54) is 0 Å². The summed E-state index contributed by atoms with van der Waals surface area (Å²) in [5, 5.41) is 14.1. The fraction of sp³-hybridized carbons (Fsp3) is 0.321. The van der Waals surface area contributed by atoms with Crippen molar-refractivity contribution in [3.63, 3.8) is 0 Å². The van der Waals surface area contributed by atoms with Crippen molar-refractivity contribution >= 4 is 44.7 Å². The zero-order valence-electron chi connectivity index (χ0n) is 21.1. The number of nitro benzene ring substituents is 1. The van der Waals surface area contributed by atoms with Gasteiger partial charge < -0.3 is 14.2 Å². The van der Waals surface area contributed by atoms with Gasteiger partial charge in [0.1, 0.15) is 18.2 Å². The van der Waals surface area contributed by atoms with Crippen LogP contribution in [0.5, 0.6) is 0 Å². The van der Waals surface area contributed by atoms with Gasteiger partial charge in [-0.05, 0) is 52.0 Å². The number of rotatable bonds is 8. The fourth-order valence-corrected chi connectivity index (χ4v) is 4.71. The zero-order valence-corrected chi connectivity index (χ0v) is 21.1. The summed E-state index contributed by atoms with van der Waals surface area (Å²) in [4.78, 5) is 15.4. The van der Waals surface area contributed by atoms with Crippen LogP contribution >= 0.6 is 0 Å². The highest BCUT2D eigenvalue weighted by Gasteiger charge is 2.18. The van der Waals surface area contributed by atoms with Crippen molar-refractivity contribution < 1.29 is 9.34 Å². The molecule has 4 rings (SSSR count). The minimum Gasteiger partial charge on any atom is -0.455 e. The lowest BCUT2D eigenvalue weighted by Gasteiger charge is -2.22. The molecule has 1 aromatic heterocycles. The molecule has 0 aliphatic carbocycles. The van der Waals surface area contributed by atoms with Crippen LogP contribution in [0, 0.1) is 10.1 Å². The smallest absolute Gasteiger partial charge is 0.269 e. The summed E-state index contributed by atoms with van der Waals surface area (Å²) in [5.74, 6) is 0. The van der Waals surface area contributed by atoms with Crippen LogP contribution in [-0.2, 0) is 0 Å². The molecule has 0 N–H and O–H groups in total. The predicted octanol–water partition coefficient (Wildman–Crippen LogP) is 5.92. The Bertz CT molecular complexity index is 1360. The number of fused-ring (bicyclic) bond motifs is 2. The van der Waals surface area contributed by atoms with Crippen LogP contribution in [0.4, 0.5) is 22.7 Å². The van der Waals surface area contributed by atoms with Gasteiger partial charge in [0.05, 0.1) is 15.7 Å². The second-order valence-electron chi connectivity index (χ2n) is 8.49. The topological polar surface area (TPSA) is 65.8 Å². The molecule has 0 amide bonds. The molecule has 7 nitrogen and oxygen atoms in total. The average molecular weight is 474 g/mol. The van der Waals surface area contributed by atoms with E-state index < -0.39 is 0 Å². The number of non-ortho nitro benzene ring substituents is 1. The van der Waals surface area contributed by atoms with Gasteiger partial charge in [0.15, 0.2) is 0 Å². The second-order valence-corrected chi connectivity index (χ2v) is 8.49. The van der Waals surface area contributed by atoms with Crippen molar-refractivity contribution in [2.45, 2.75) is 27.7 Å². The molecule has 0 bridgehead atoms. The predicted molar refractivity (Wildman–Crippen MR) is 145 cm³/mol. The molecule has 1 heterocycles. The molecule has 4 aromatic rings. The second kappa shape index (κ2) is 10.2. The lowest BCUT2D eigenvalue weighted by Crippen LogP contribution is -2.25. The number of benzene rings is 3. The molecule has 0 unspecified atom stereocenters. The van der Waals surface area contributed by atoms with Crippen molar-refractivity contribution in [1.82, 2.24) is 4.58 Å². The summed E-state index contributed by atoms with van der Waals surface area (Å²) in [6.45, 7) is 12.2. The Hall–Kier alpha value is -3.87. The van der Waals surface area contributed by atoms with E-state index in [9.17, 15) is 10.1 Å². The van der Waals surface area contributed by atoms with E-state index >= 15 is 0 Å². The third kappa shape index (κ3) is 4.58. The maximum absolute atomic E-state index is 11.1. The Balaban J connectivity index is 2.06. The summed E-state index contributed by atoms with van der Waals surface area (Å²) in [6, 6.07) is 19.4. The summed E-state index contributed by atoms with van der Waals surface area (Å²) in [7, 11) is 1.99. The van der Waals surface area contributed by atoms with Crippen molar-refractivity contribution in [2.75, 3.05) is 43.0 Å². The minimum absolute atomic E-state index is 0.0765. The van der Waals surface area contributed by atoms with Crippen LogP contribution in [0.1, 0.15) is 27.7 Å². The largest absolute Gasteiger partial charge is 0.455 e. The summed E-state index contributed by atoms with van der Waals surface area (Å²) in [6.07, 6.45) is 0. The van der Waals surface area contributed by atoms with Crippen molar-refractivity contribution in [3.05, 3.63) is 76.1 Å². The first kappa shape index (κ1) is 24.3. The van der Waals surface area contributed by atoms with Gasteiger partial charge in [-0.2, -0.15) is 4.58 Å². The first-order chi connectivity index (χ1) is 16.9. The number of nitrogens with zero attached hydrogens (tertiary/aromatic N) is 4. The highest BCUT2D eigenvalue weighted by atomic mass is 16.6. The molecule has 0 aliphatic rings. The van der Waals surface area contributed by atoms with Crippen molar-refractivity contribution in [1.29, 1.82) is 0 Å². The summed E-state index contributed by atoms with van der Waals surface area (Å²) < 4.78 is 8.60. The summed E-state index contributed by atoms with van der Waals surface area (Å²) in [5.41, 5.74) is 4.80. The molecule has 0 atom stereocenters. The molecule has 3 aromatic carbocycles. The molecule has 0 fully saturated rings. The van der Waals surface area contributed by atoms with Crippen molar-refractivity contribution in [3.8, 4) is 0 Å². The van der Waals surface area contributed by atoms with Crippen LogP contribution in [0.3, 0.4) is 0 Å². The number of nitro groups is 1. The van der Waals surface area contributed by atoms with E-state index in [0.29, 0.717) is 0 Å². The Morgan fingerprint density at radius 3 is 1.54 bits per heavy atom. The van der Waals surface area contributed by atoms with Gasteiger partial charge in [-0.25, -0.2) is 0 Å². The number of hydrogen-bond acceptors (Lipinski definition) is 5. The Morgan fingerprint density at radius 2 is 1.14 bits per heavy atom. The first-order valence-electron chi connectivity index (χ1n) is 12.2. The van der Waals surface area contributed by atoms with Gasteiger partial charge in [0.2, 0.25) is 11.0 Å². The Kier molecular flexibility index (Phi) is 7.05. The molecule has 0 saturated carbocycles. The lowest BCUT2D eigenvalue weighted by atomic mass is 10.1. The van der Waals surface area contributed by atoms with E-state index in [1.807, 2.05) is 7.05 Å². The maximum atomic E-state index is 11.1. The molecule has 182 valence electrons. The van der Waals surface area contributed by atoms with Crippen LogP contribution in [0.15, 0.2) is 65.1 Å². The molecule has 7 heteroatoms. The van der Waals surface area contributed by atoms with Gasteiger partial charge in [-0.3, -0.25) is 10.1 Å². The monoisotopic (exact) mass is 473 g/mol. The van der Waals surface area contributed by atoms with Gasteiger partial charge in [0, 0.05) is 74.0 Å². The molecule has 35 heavy (non-hydrogen) atoms. The van der Waals surface area contributed by atoms with Gasteiger partial charge in [-0.15, -0.1) is 0 Å². The minimum atomic E-state index is -0.376. The van der Waals surface area contributed by atoms with E-state index in [0.717, 1.165) is 70.5 Å². The van der Waals surface area contributed by atoms with Crippen LogP contribution in [0.2, 0.25) is 0 Å². The Morgan fingerprint density at radius 1 is 0.714 bits per heavy atom. The highest BCUT2D eigenvalue weighted by Crippen LogP contribution is 2.27. The first-order valence-corrected chi connectivity index (χ1v) is 12.2. The van der Waals surface area contributed by atoms with Crippen LogP contribution in [-0.4, -0.2) is 38.2 Å². The normalized spacial score (nSPS) is 11.1. The SMILES string of the molecule is CCN(CC)c1ccc2c(=[N+](C)c3ccc([N+](=O)[O-])cc3)c3ccc(N(CC)CC)cc3oc2c1. The molecule has 0 radical (unpaired) electrons. The molecular weight excluding hydrogens is 440 g/mol. The summed E-state index contributed by atoms with van der Waals surface area (Å²) >= 11 is 0. The van der Waals surface area contributed by atoms with E-state index in [2.05, 4.69) is 78.5 Å². The molecule has 0 aliphatic heterocycles. The van der Waals surface area contributed by atoms with Gasteiger partial charge in [0.25, 0.3) is 5.69 Å². The van der Waals surface area contributed by atoms with Crippen LogP contribution in [0.25, 0.3) is 21.9 Å². The third-order valence-corrected chi connectivity index (χ3v) is 6.70.